The molecular weight excluding hydrogens is 413 g/mol. The second-order valence-electron chi connectivity index (χ2n) is 6.39. The van der Waals surface area contributed by atoms with Gasteiger partial charge in [0.2, 0.25) is 11.8 Å². The summed E-state index contributed by atoms with van der Waals surface area (Å²) in [4.78, 5) is 16.8. The zero-order valence-electron chi connectivity index (χ0n) is 16.7. The van der Waals surface area contributed by atoms with Crippen molar-refractivity contribution in [1.82, 2.24) is 20.1 Å². The Balaban J connectivity index is 0.00000210. The van der Waals surface area contributed by atoms with Gasteiger partial charge in [0.25, 0.3) is 0 Å². The average molecular weight is 438 g/mol. The molecule has 0 aliphatic rings. The minimum atomic E-state index is -0.495. The molecule has 2 N–H and O–H groups in total. The van der Waals surface area contributed by atoms with Gasteiger partial charge in [-0.1, -0.05) is 6.07 Å². The van der Waals surface area contributed by atoms with Gasteiger partial charge < -0.3 is 15.4 Å². The number of ether oxygens (including phenoxy) is 1. The second-order valence-corrected chi connectivity index (χ2v) is 6.39. The fourth-order valence-electron chi connectivity index (χ4n) is 2.67. The third kappa shape index (κ3) is 6.19. The van der Waals surface area contributed by atoms with Gasteiger partial charge in [-0.2, -0.15) is 5.10 Å². The van der Waals surface area contributed by atoms with Gasteiger partial charge in [0.05, 0.1) is 18.1 Å². The van der Waals surface area contributed by atoms with Crippen molar-refractivity contribution in [1.29, 1.82) is 0 Å². The van der Waals surface area contributed by atoms with Crippen LogP contribution in [0, 0.1) is 13.8 Å². The smallest absolute Gasteiger partial charge is 0.246 e. The first-order valence-corrected chi connectivity index (χ1v) is 8.64. The Morgan fingerprint density at radius 2 is 1.86 bits per heavy atom. The monoisotopic (exact) mass is 437 g/mol. The highest BCUT2D eigenvalue weighted by molar-refractivity contribution is 5.95. The molecule has 156 valence electrons. The molecule has 9 heteroatoms. The van der Waals surface area contributed by atoms with Crippen molar-refractivity contribution in [3.05, 3.63) is 65.6 Å². The molecule has 0 saturated carbocycles. The van der Waals surface area contributed by atoms with Gasteiger partial charge in [-0.05, 0) is 50.2 Å². The lowest BCUT2D eigenvalue weighted by molar-refractivity contribution is -0.118. The quantitative estimate of drug-likeness (QED) is 0.609. The van der Waals surface area contributed by atoms with Crippen LogP contribution in [0.3, 0.4) is 0 Å². The molecular formula is C20H25Cl2N5O2. The lowest BCUT2D eigenvalue weighted by Crippen LogP contribution is -2.30. The molecule has 0 bridgehead atoms. The third-order valence-electron chi connectivity index (χ3n) is 4.31. The van der Waals surface area contributed by atoms with E-state index in [2.05, 4.69) is 27.6 Å². The number of aromatic nitrogens is 3. The molecule has 2 heterocycles. The van der Waals surface area contributed by atoms with Gasteiger partial charge in [0.1, 0.15) is 11.8 Å². The summed E-state index contributed by atoms with van der Waals surface area (Å²) in [5.41, 5.74) is 3.75. The van der Waals surface area contributed by atoms with E-state index in [9.17, 15) is 4.79 Å². The summed E-state index contributed by atoms with van der Waals surface area (Å²) in [7, 11) is 3.54. The van der Waals surface area contributed by atoms with Crippen LogP contribution in [0.1, 0.15) is 22.7 Å². The maximum absolute atomic E-state index is 12.5. The molecule has 0 radical (unpaired) electrons. The van der Waals surface area contributed by atoms with Gasteiger partial charge in [0, 0.05) is 24.9 Å². The number of anilines is 1. The summed E-state index contributed by atoms with van der Waals surface area (Å²) in [6.07, 6.45) is 5.04. The molecule has 0 aliphatic carbocycles. The minimum absolute atomic E-state index is 0. The maximum Gasteiger partial charge on any atom is 0.246 e. The molecule has 0 aliphatic heterocycles. The van der Waals surface area contributed by atoms with E-state index >= 15 is 0 Å². The van der Waals surface area contributed by atoms with Crippen LogP contribution in [0.15, 0.2) is 48.9 Å². The Kier molecular flexibility index (Phi) is 9.10. The highest BCUT2D eigenvalue weighted by Crippen LogP contribution is 2.23. The number of hydrogen-bond donors (Lipinski definition) is 2. The SMILES string of the molecule is CNC(C(=O)Nc1ccc(Oc2ccc(C)c(C)c2)nc1)c1cnn(C)c1.Cl.Cl. The van der Waals surface area contributed by atoms with E-state index in [1.54, 1.807) is 42.5 Å². The van der Waals surface area contributed by atoms with E-state index in [0.29, 0.717) is 11.6 Å². The largest absolute Gasteiger partial charge is 0.439 e. The van der Waals surface area contributed by atoms with Crippen molar-refractivity contribution < 1.29 is 9.53 Å². The Hall–Kier alpha value is -2.61. The van der Waals surface area contributed by atoms with Gasteiger partial charge in [0.15, 0.2) is 0 Å². The first-order chi connectivity index (χ1) is 13.0. The lowest BCUT2D eigenvalue weighted by atomic mass is 10.1. The number of carbonyl (C=O) groups excluding carboxylic acids is 1. The van der Waals surface area contributed by atoms with Crippen molar-refractivity contribution in [2.45, 2.75) is 19.9 Å². The fraction of sp³-hybridized carbons (Fsp3) is 0.250. The number of nitrogens with one attached hydrogen (secondary N) is 2. The van der Waals surface area contributed by atoms with Gasteiger partial charge in [-0.25, -0.2) is 4.98 Å². The molecule has 3 aromatic rings. The Morgan fingerprint density at radius 3 is 2.41 bits per heavy atom. The topological polar surface area (TPSA) is 81.1 Å². The summed E-state index contributed by atoms with van der Waals surface area (Å²) < 4.78 is 7.43. The molecule has 0 fully saturated rings. The highest BCUT2D eigenvalue weighted by Gasteiger charge is 2.20. The molecule has 29 heavy (non-hydrogen) atoms. The normalized spacial score (nSPS) is 11.0. The van der Waals surface area contributed by atoms with E-state index < -0.39 is 6.04 Å². The first kappa shape index (κ1) is 24.4. The van der Waals surface area contributed by atoms with Crippen LogP contribution in [0.5, 0.6) is 11.6 Å². The predicted molar refractivity (Wildman–Crippen MR) is 118 cm³/mol. The van der Waals surface area contributed by atoms with Crippen molar-refractivity contribution in [3.63, 3.8) is 0 Å². The molecule has 3 rings (SSSR count). The molecule has 1 unspecified atom stereocenters. The van der Waals surface area contributed by atoms with E-state index in [1.807, 2.05) is 32.2 Å². The van der Waals surface area contributed by atoms with Crippen molar-refractivity contribution in [2.75, 3.05) is 12.4 Å². The minimum Gasteiger partial charge on any atom is -0.439 e. The van der Waals surface area contributed by atoms with Gasteiger partial charge in [-0.15, -0.1) is 24.8 Å². The number of nitrogens with zero attached hydrogens (tertiary/aromatic N) is 3. The summed E-state index contributed by atoms with van der Waals surface area (Å²) in [5.74, 6) is 1.01. The summed E-state index contributed by atoms with van der Waals surface area (Å²) in [5, 5.41) is 9.95. The zero-order chi connectivity index (χ0) is 19.4. The Morgan fingerprint density at radius 1 is 1.10 bits per heavy atom. The third-order valence-corrected chi connectivity index (χ3v) is 4.31. The van der Waals surface area contributed by atoms with Gasteiger partial charge >= 0.3 is 0 Å². The van der Waals surface area contributed by atoms with E-state index in [0.717, 1.165) is 16.9 Å². The molecule has 2 aromatic heterocycles. The number of amides is 1. The summed E-state index contributed by atoms with van der Waals surface area (Å²) in [6, 6.07) is 8.88. The standard InChI is InChI=1S/C20H23N5O2.2ClH/c1-13-5-7-17(9-14(13)2)27-18-8-6-16(11-22-18)24-20(26)19(21-3)15-10-23-25(4)12-15;;/h5-12,19,21H,1-4H3,(H,24,26);2*1H. The Bertz CT molecular complexity index is 944. The number of pyridine rings is 1. The van der Waals surface area contributed by atoms with Crippen molar-refractivity contribution >= 4 is 36.4 Å². The lowest BCUT2D eigenvalue weighted by Gasteiger charge is -2.14. The maximum atomic E-state index is 12.5. The fourth-order valence-corrected chi connectivity index (χ4v) is 2.67. The van der Waals surface area contributed by atoms with Crippen LogP contribution in [0.25, 0.3) is 0 Å². The van der Waals surface area contributed by atoms with E-state index in [1.165, 1.54) is 5.56 Å². The van der Waals surface area contributed by atoms with Crippen LogP contribution >= 0.6 is 24.8 Å². The second kappa shape index (κ2) is 10.8. The van der Waals surface area contributed by atoms with Crippen LogP contribution in [0.4, 0.5) is 5.69 Å². The zero-order valence-corrected chi connectivity index (χ0v) is 18.3. The summed E-state index contributed by atoms with van der Waals surface area (Å²) >= 11 is 0. The predicted octanol–water partition coefficient (Wildman–Crippen LogP) is 3.97. The van der Waals surface area contributed by atoms with Crippen LogP contribution in [0.2, 0.25) is 0 Å². The number of likely N-dealkylation sites (N-methyl/N-ethyl adjacent to an activating group) is 1. The van der Waals surface area contributed by atoms with E-state index in [-0.39, 0.29) is 30.7 Å². The number of benzene rings is 1. The molecule has 0 spiro atoms. The Labute approximate surface area is 182 Å². The molecule has 0 saturated heterocycles. The van der Waals surface area contributed by atoms with Gasteiger partial charge in [-0.3, -0.25) is 9.48 Å². The molecule has 7 nitrogen and oxygen atoms in total. The van der Waals surface area contributed by atoms with Crippen molar-refractivity contribution in [2.24, 2.45) is 7.05 Å². The number of aryl methyl sites for hydroxylation is 3. The first-order valence-electron chi connectivity index (χ1n) is 8.64. The van der Waals surface area contributed by atoms with Crippen molar-refractivity contribution in [3.8, 4) is 11.6 Å². The van der Waals surface area contributed by atoms with E-state index in [4.69, 9.17) is 4.74 Å². The number of hydrogen-bond acceptors (Lipinski definition) is 5. The number of carbonyl (C=O) groups is 1. The molecule has 1 atom stereocenters. The highest BCUT2D eigenvalue weighted by atomic mass is 35.5. The summed E-state index contributed by atoms with van der Waals surface area (Å²) in [6.45, 7) is 4.09. The number of halogens is 2. The van der Waals surface area contributed by atoms with Crippen LogP contribution < -0.4 is 15.4 Å². The molecule has 1 aromatic carbocycles. The van der Waals surface area contributed by atoms with Crippen LogP contribution in [-0.2, 0) is 11.8 Å². The molecule has 1 amide bonds. The average Bonchev–Trinajstić information content (AvgIpc) is 3.06. The number of rotatable bonds is 6. The van der Waals surface area contributed by atoms with Crippen LogP contribution in [-0.4, -0.2) is 27.7 Å².